The van der Waals surface area contributed by atoms with Gasteiger partial charge in [-0.3, -0.25) is 4.79 Å². The minimum atomic E-state index is -2.96. The van der Waals surface area contributed by atoms with Crippen molar-refractivity contribution in [1.29, 1.82) is 0 Å². The van der Waals surface area contributed by atoms with E-state index in [0.29, 0.717) is 34.6 Å². The van der Waals surface area contributed by atoms with Gasteiger partial charge in [0.15, 0.2) is 5.65 Å². The molecular formula is C23H21F3N5OS+. The highest BCUT2D eigenvalue weighted by atomic mass is 32.1. The molecule has 0 bridgehead atoms. The topological polar surface area (TPSA) is 86.9 Å². The summed E-state index contributed by atoms with van der Waals surface area (Å²) in [6.07, 6.45) is 4.02. The maximum absolute atomic E-state index is 14.3. The van der Waals surface area contributed by atoms with Crippen LogP contribution >= 0.6 is 11.3 Å². The van der Waals surface area contributed by atoms with E-state index in [-0.39, 0.29) is 12.2 Å². The van der Waals surface area contributed by atoms with Crippen LogP contribution in [0.3, 0.4) is 0 Å². The summed E-state index contributed by atoms with van der Waals surface area (Å²) < 4.78 is 43.4. The lowest BCUT2D eigenvalue weighted by Gasteiger charge is -2.34. The number of benzene rings is 1. The molecule has 1 saturated carbocycles. The van der Waals surface area contributed by atoms with Crippen LogP contribution < -0.4 is 11.1 Å². The summed E-state index contributed by atoms with van der Waals surface area (Å²) in [5, 5.41) is 8.72. The number of hydrogen-bond donors (Lipinski definition) is 2. The first-order valence-corrected chi connectivity index (χ1v) is 11.4. The van der Waals surface area contributed by atoms with Gasteiger partial charge in [-0.2, -0.15) is 5.10 Å². The fourth-order valence-electron chi connectivity index (χ4n) is 4.17. The Hall–Kier alpha value is -3.24. The molecule has 0 aliphatic heterocycles. The average Bonchev–Trinajstić information content (AvgIpc) is 3.43. The Morgan fingerprint density at radius 3 is 2.70 bits per heavy atom. The van der Waals surface area contributed by atoms with E-state index in [1.807, 2.05) is 6.07 Å². The molecule has 1 unspecified atom stereocenters. The van der Waals surface area contributed by atoms with Crippen molar-refractivity contribution in [1.82, 2.24) is 19.9 Å². The zero-order valence-corrected chi connectivity index (χ0v) is 18.3. The van der Waals surface area contributed by atoms with Gasteiger partial charge in [0.25, 0.3) is 11.8 Å². The molecule has 1 amide bonds. The molecule has 6 nitrogen and oxygen atoms in total. The molecule has 170 valence electrons. The number of thiophene rings is 1. The lowest BCUT2D eigenvalue weighted by atomic mass is 9.87. The fourth-order valence-corrected chi connectivity index (χ4v) is 4.97. The SMILES string of the molecule is [NH3+][C@@H]1CCCC(F)(F)C1NC(=O)c1cc(-c2cnc3cc(-c4ccc(F)cc4)cnn23)cs1. The first kappa shape index (κ1) is 21.6. The van der Waals surface area contributed by atoms with Crippen molar-refractivity contribution in [2.45, 2.75) is 37.3 Å². The minimum absolute atomic E-state index is 0.243. The van der Waals surface area contributed by atoms with Gasteiger partial charge in [0, 0.05) is 29.3 Å². The highest BCUT2D eigenvalue weighted by Gasteiger charge is 2.48. The van der Waals surface area contributed by atoms with Gasteiger partial charge in [0.2, 0.25) is 0 Å². The Morgan fingerprint density at radius 1 is 1.15 bits per heavy atom. The second-order valence-electron chi connectivity index (χ2n) is 8.23. The molecule has 4 N–H and O–H groups in total. The highest BCUT2D eigenvalue weighted by molar-refractivity contribution is 7.12. The third kappa shape index (κ3) is 4.11. The number of imidazole rings is 1. The first-order chi connectivity index (χ1) is 15.8. The van der Waals surface area contributed by atoms with Gasteiger partial charge in [-0.15, -0.1) is 11.3 Å². The molecule has 0 radical (unpaired) electrons. The van der Waals surface area contributed by atoms with Crippen molar-refractivity contribution in [3.63, 3.8) is 0 Å². The van der Waals surface area contributed by atoms with Gasteiger partial charge in [-0.05, 0) is 36.2 Å². The molecule has 0 spiro atoms. The zero-order valence-electron chi connectivity index (χ0n) is 17.5. The van der Waals surface area contributed by atoms with E-state index in [1.54, 1.807) is 40.5 Å². The first-order valence-electron chi connectivity index (χ1n) is 10.5. The van der Waals surface area contributed by atoms with Gasteiger partial charge >= 0.3 is 0 Å². The number of aromatic nitrogens is 3. The van der Waals surface area contributed by atoms with E-state index in [2.05, 4.69) is 21.1 Å². The molecule has 4 aromatic rings. The summed E-state index contributed by atoms with van der Waals surface area (Å²) in [5.74, 6) is -3.81. The largest absolute Gasteiger partial charge is 0.353 e. The van der Waals surface area contributed by atoms with Crippen molar-refractivity contribution in [2.24, 2.45) is 0 Å². The summed E-state index contributed by atoms with van der Waals surface area (Å²) in [6.45, 7) is 0. The molecule has 33 heavy (non-hydrogen) atoms. The number of amides is 1. The van der Waals surface area contributed by atoms with Crippen molar-refractivity contribution in [3.8, 4) is 22.4 Å². The smallest absolute Gasteiger partial charge is 0.273 e. The van der Waals surface area contributed by atoms with Crippen LogP contribution in [0.1, 0.15) is 28.9 Å². The number of rotatable bonds is 4. The van der Waals surface area contributed by atoms with Crippen LogP contribution in [0.25, 0.3) is 28.0 Å². The molecule has 1 aliphatic rings. The average molecular weight is 473 g/mol. The van der Waals surface area contributed by atoms with Crippen molar-refractivity contribution in [2.75, 3.05) is 0 Å². The molecule has 10 heteroatoms. The normalized spacial score (nSPS) is 20.1. The molecule has 2 atom stereocenters. The van der Waals surface area contributed by atoms with Crippen LogP contribution in [0.5, 0.6) is 0 Å². The van der Waals surface area contributed by atoms with Gasteiger partial charge in [-0.25, -0.2) is 22.7 Å². The molecular weight excluding hydrogens is 451 g/mol. The number of nitrogens with zero attached hydrogens (tertiary/aromatic N) is 3. The van der Waals surface area contributed by atoms with E-state index in [1.165, 1.54) is 23.5 Å². The van der Waals surface area contributed by atoms with E-state index in [4.69, 9.17) is 0 Å². The van der Waals surface area contributed by atoms with Crippen LogP contribution in [-0.4, -0.2) is 38.5 Å². The third-order valence-electron chi connectivity index (χ3n) is 5.96. The number of halogens is 3. The van der Waals surface area contributed by atoms with Crippen LogP contribution in [0.15, 0.2) is 54.2 Å². The summed E-state index contributed by atoms with van der Waals surface area (Å²) in [6, 6.07) is 7.79. The lowest BCUT2D eigenvalue weighted by molar-refractivity contribution is -0.441. The monoisotopic (exact) mass is 472 g/mol. The van der Waals surface area contributed by atoms with Crippen molar-refractivity contribution in [3.05, 3.63) is 64.9 Å². The second-order valence-corrected chi connectivity index (χ2v) is 9.14. The number of carbonyl (C=O) groups excluding carboxylic acids is 1. The molecule has 1 aliphatic carbocycles. The number of carbonyl (C=O) groups is 1. The second kappa shape index (κ2) is 8.27. The fraction of sp³-hybridized carbons (Fsp3) is 0.261. The summed E-state index contributed by atoms with van der Waals surface area (Å²) in [5.41, 5.74) is 7.38. The number of nitrogens with one attached hydrogen (secondary N) is 1. The van der Waals surface area contributed by atoms with Crippen LogP contribution in [-0.2, 0) is 0 Å². The van der Waals surface area contributed by atoms with Crippen molar-refractivity contribution >= 4 is 22.9 Å². The third-order valence-corrected chi connectivity index (χ3v) is 6.88. The number of alkyl halides is 2. The molecule has 0 saturated heterocycles. The Kier molecular flexibility index (Phi) is 5.41. The predicted molar refractivity (Wildman–Crippen MR) is 118 cm³/mol. The number of fused-ring (bicyclic) bond motifs is 1. The maximum Gasteiger partial charge on any atom is 0.273 e. The van der Waals surface area contributed by atoms with Crippen LogP contribution in [0.2, 0.25) is 0 Å². The van der Waals surface area contributed by atoms with Crippen molar-refractivity contribution < 1.29 is 23.7 Å². The quantitative estimate of drug-likeness (QED) is 0.474. The van der Waals surface area contributed by atoms with Gasteiger partial charge in [-0.1, -0.05) is 12.1 Å². The van der Waals surface area contributed by atoms with Gasteiger partial charge in [0.1, 0.15) is 17.9 Å². The Bertz CT molecular complexity index is 1320. The van der Waals surface area contributed by atoms with E-state index >= 15 is 0 Å². The summed E-state index contributed by atoms with van der Waals surface area (Å²) in [7, 11) is 0. The Morgan fingerprint density at radius 2 is 1.94 bits per heavy atom. The standard InChI is InChI=1S/C23H20F3N5OS/c24-16-5-3-13(4-6-16)14-9-20-28-11-18(31(20)29-10-14)15-8-19(33-12-15)22(32)30-21-17(27)2-1-7-23(21,25)26/h3-6,8-12,17,21H,1-2,7,27H2,(H,30,32)/p+1/t17-,21?/m1/s1. The Labute approximate surface area is 191 Å². The highest BCUT2D eigenvalue weighted by Crippen LogP contribution is 2.33. The predicted octanol–water partition coefficient (Wildman–Crippen LogP) is 3.79. The number of hydrogen-bond acceptors (Lipinski definition) is 4. The van der Waals surface area contributed by atoms with Crippen LogP contribution in [0, 0.1) is 5.82 Å². The van der Waals surface area contributed by atoms with E-state index in [9.17, 15) is 18.0 Å². The summed E-state index contributed by atoms with van der Waals surface area (Å²) >= 11 is 1.17. The van der Waals surface area contributed by atoms with Gasteiger partial charge in [0.05, 0.1) is 23.0 Å². The Balaban J connectivity index is 1.38. The van der Waals surface area contributed by atoms with E-state index < -0.39 is 23.9 Å². The maximum atomic E-state index is 14.3. The molecule has 1 fully saturated rings. The molecule has 1 aromatic carbocycles. The zero-order chi connectivity index (χ0) is 23.2. The summed E-state index contributed by atoms with van der Waals surface area (Å²) in [4.78, 5) is 17.4. The molecule has 3 aromatic heterocycles. The molecule has 3 heterocycles. The minimum Gasteiger partial charge on any atom is -0.353 e. The van der Waals surface area contributed by atoms with E-state index in [0.717, 1.165) is 11.1 Å². The van der Waals surface area contributed by atoms with Crippen LogP contribution in [0.4, 0.5) is 13.2 Å². The number of quaternary nitrogens is 1. The lowest BCUT2D eigenvalue weighted by Crippen LogP contribution is -2.75. The van der Waals surface area contributed by atoms with Gasteiger partial charge < -0.3 is 11.1 Å². The molecule has 5 rings (SSSR count).